The highest BCUT2D eigenvalue weighted by atomic mass is 19.2. The Hall–Kier alpha value is -1.79. The van der Waals surface area contributed by atoms with Crippen LogP contribution in [0.4, 0.5) is 13.2 Å². The molecule has 37 heavy (non-hydrogen) atoms. The second-order valence-electron chi connectivity index (χ2n) is 10.6. The third-order valence-corrected chi connectivity index (χ3v) is 7.66. The number of hydrogen-bond acceptors (Lipinski definition) is 3. The van der Waals surface area contributed by atoms with Gasteiger partial charge in [-0.25, -0.2) is 13.2 Å². The average Bonchev–Trinajstić information content (AvgIpc) is 2.89. The quantitative estimate of drug-likeness (QED) is 0.149. The highest BCUT2D eigenvalue weighted by Crippen LogP contribution is 2.38. The molecule has 3 nitrogen and oxygen atoms in total. The van der Waals surface area contributed by atoms with Gasteiger partial charge in [0.15, 0.2) is 5.83 Å². The molecule has 0 bridgehead atoms. The molecule has 0 spiro atoms. The molecule has 0 aromatic heterocycles. The predicted octanol–water partition coefficient (Wildman–Crippen LogP) is 8.83. The van der Waals surface area contributed by atoms with Crippen molar-refractivity contribution in [2.24, 2.45) is 23.7 Å². The van der Waals surface area contributed by atoms with Crippen molar-refractivity contribution in [3.63, 3.8) is 0 Å². The van der Waals surface area contributed by atoms with E-state index in [1.165, 1.54) is 13.0 Å². The van der Waals surface area contributed by atoms with Gasteiger partial charge in [0.1, 0.15) is 17.4 Å². The highest BCUT2D eigenvalue weighted by Gasteiger charge is 2.27. The molecule has 1 N–H and O–H groups in total. The lowest BCUT2D eigenvalue weighted by Crippen LogP contribution is -2.22. The molecule has 1 unspecified atom stereocenters. The number of aliphatic hydroxyl groups excluding tert-OH is 1. The largest absolute Gasteiger partial charge is 0.494 e. The number of halogens is 3. The molecular weight excluding hydrogens is 477 g/mol. The minimum absolute atomic E-state index is 0.0354. The first kappa shape index (κ1) is 31.4. The normalized spacial score (nSPS) is 27.8. The molecular formula is C31H47F3O3. The van der Waals surface area contributed by atoms with Crippen LogP contribution in [0, 0.1) is 23.7 Å². The standard InChI is InChI=1S/C31H47F3O3/c1-5-18-36-21-28(33)19-29(6-2)37-20-25-12-16-27(17-13-25)30(31(34)22(3)32)9-7-8-24-10-14-26(15-11-24)23(4)35/h6-9,19,23-27,35H,5,10-18,20-21H2,1-4H3/b8-7+,28-19+,29-6+,30-9-,31-22-. The first-order valence-electron chi connectivity index (χ1n) is 14.1. The van der Waals surface area contributed by atoms with E-state index in [4.69, 9.17) is 9.47 Å². The van der Waals surface area contributed by atoms with Crippen LogP contribution in [-0.2, 0) is 9.47 Å². The van der Waals surface area contributed by atoms with Crippen LogP contribution in [0.3, 0.4) is 0 Å². The zero-order chi connectivity index (χ0) is 27.2. The summed E-state index contributed by atoms with van der Waals surface area (Å²) in [5.74, 6) is -0.380. The molecule has 0 heterocycles. The van der Waals surface area contributed by atoms with Crippen LogP contribution >= 0.6 is 0 Å². The van der Waals surface area contributed by atoms with E-state index in [-0.39, 0.29) is 24.5 Å². The number of rotatable bonds is 13. The summed E-state index contributed by atoms with van der Waals surface area (Å²) in [6, 6.07) is 0. The Bertz CT molecular complexity index is 821. The fourth-order valence-electron chi connectivity index (χ4n) is 5.30. The second kappa shape index (κ2) is 16.9. The Morgan fingerprint density at radius 2 is 1.70 bits per heavy atom. The summed E-state index contributed by atoms with van der Waals surface area (Å²) >= 11 is 0. The molecule has 0 saturated heterocycles. The first-order valence-corrected chi connectivity index (χ1v) is 14.1. The summed E-state index contributed by atoms with van der Waals surface area (Å²) in [5.41, 5.74) is 0.444. The Labute approximate surface area is 222 Å². The van der Waals surface area contributed by atoms with E-state index in [2.05, 4.69) is 6.08 Å². The van der Waals surface area contributed by atoms with Crippen molar-refractivity contribution in [1.29, 1.82) is 0 Å². The van der Waals surface area contributed by atoms with Gasteiger partial charge in [0.25, 0.3) is 0 Å². The summed E-state index contributed by atoms with van der Waals surface area (Å²) in [6.45, 7) is 7.74. The molecule has 0 aromatic carbocycles. The number of aliphatic hydroxyl groups is 1. The van der Waals surface area contributed by atoms with Crippen molar-refractivity contribution in [2.45, 2.75) is 91.6 Å². The van der Waals surface area contributed by atoms with Gasteiger partial charge >= 0.3 is 0 Å². The van der Waals surface area contributed by atoms with Crippen molar-refractivity contribution in [3.8, 4) is 0 Å². The molecule has 0 amide bonds. The molecule has 6 heteroatoms. The van der Waals surface area contributed by atoms with Gasteiger partial charge in [0.2, 0.25) is 0 Å². The van der Waals surface area contributed by atoms with Crippen LogP contribution in [0.2, 0.25) is 0 Å². The number of hydrogen-bond donors (Lipinski definition) is 1. The second-order valence-corrected chi connectivity index (χ2v) is 10.6. The van der Waals surface area contributed by atoms with E-state index in [0.717, 1.165) is 57.8 Å². The summed E-state index contributed by atoms with van der Waals surface area (Å²) in [5, 5.41) is 9.79. The molecule has 2 rings (SSSR count). The van der Waals surface area contributed by atoms with Crippen molar-refractivity contribution < 1.29 is 27.8 Å². The highest BCUT2D eigenvalue weighted by molar-refractivity contribution is 5.33. The fraction of sp³-hybridized carbons (Fsp3) is 0.677. The van der Waals surface area contributed by atoms with Crippen LogP contribution in [0.15, 0.2) is 59.2 Å². The molecule has 210 valence electrons. The van der Waals surface area contributed by atoms with E-state index < -0.39 is 11.7 Å². The third-order valence-electron chi connectivity index (χ3n) is 7.66. The van der Waals surface area contributed by atoms with Crippen molar-refractivity contribution in [3.05, 3.63) is 59.2 Å². The molecule has 1 atom stereocenters. The summed E-state index contributed by atoms with van der Waals surface area (Å²) < 4.78 is 53.7. The van der Waals surface area contributed by atoms with Gasteiger partial charge in [-0.15, -0.1) is 0 Å². The third kappa shape index (κ3) is 11.2. The Balaban J connectivity index is 1.90. The molecule has 0 aromatic rings. The molecule has 0 radical (unpaired) electrons. The maximum atomic E-state index is 14.8. The number of ether oxygens (including phenoxy) is 2. The summed E-state index contributed by atoms with van der Waals surface area (Å²) in [7, 11) is 0. The minimum atomic E-state index is -0.781. The molecule has 0 aliphatic heterocycles. The SMILES string of the molecule is C/C=C(\C=C(\F)COCCC)OCC1CCC(C(=C/C=C/C2CCC(C(C)O)CC2)/C(F)=C(\C)F)CC1. The van der Waals surface area contributed by atoms with E-state index in [9.17, 15) is 18.3 Å². The van der Waals surface area contributed by atoms with Gasteiger partial charge in [0, 0.05) is 12.7 Å². The van der Waals surface area contributed by atoms with Gasteiger partial charge in [-0.05, 0) is 114 Å². The van der Waals surface area contributed by atoms with E-state index in [1.807, 2.05) is 19.9 Å². The molecule has 2 fully saturated rings. The maximum absolute atomic E-state index is 14.8. The van der Waals surface area contributed by atoms with Crippen LogP contribution in [0.1, 0.15) is 85.5 Å². The lowest BCUT2D eigenvalue weighted by Gasteiger charge is -2.30. The Kier molecular flexibility index (Phi) is 14.4. The molecule has 2 saturated carbocycles. The van der Waals surface area contributed by atoms with Gasteiger partial charge < -0.3 is 14.6 Å². The van der Waals surface area contributed by atoms with Gasteiger partial charge in [0.05, 0.1) is 19.3 Å². The van der Waals surface area contributed by atoms with Crippen LogP contribution in [-0.4, -0.2) is 31.0 Å². The van der Waals surface area contributed by atoms with E-state index in [1.54, 1.807) is 19.1 Å². The van der Waals surface area contributed by atoms with Gasteiger partial charge in [-0.3, -0.25) is 0 Å². The fourth-order valence-corrected chi connectivity index (χ4v) is 5.30. The lowest BCUT2D eigenvalue weighted by atomic mass is 9.77. The van der Waals surface area contributed by atoms with Crippen molar-refractivity contribution in [2.75, 3.05) is 19.8 Å². The van der Waals surface area contributed by atoms with Gasteiger partial charge in [-0.1, -0.05) is 25.2 Å². The summed E-state index contributed by atoms with van der Waals surface area (Å²) in [4.78, 5) is 0. The first-order chi connectivity index (χ1) is 17.7. The topological polar surface area (TPSA) is 38.7 Å². The van der Waals surface area contributed by atoms with Crippen LogP contribution < -0.4 is 0 Å². The average molecular weight is 525 g/mol. The van der Waals surface area contributed by atoms with E-state index in [0.29, 0.717) is 42.3 Å². The van der Waals surface area contributed by atoms with E-state index >= 15 is 0 Å². The zero-order valence-corrected chi connectivity index (χ0v) is 23.2. The van der Waals surface area contributed by atoms with Crippen molar-refractivity contribution >= 4 is 0 Å². The maximum Gasteiger partial charge on any atom is 0.157 e. The van der Waals surface area contributed by atoms with Gasteiger partial charge in [-0.2, -0.15) is 0 Å². The smallest absolute Gasteiger partial charge is 0.157 e. The Morgan fingerprint density at radius 1 is 1.03 bits per heavy atom. The number of allylic oxidation sites excluding steroid dienone is 8. The monoisotopic (exact) mass is 524 g/mol. The van der Waals surface area contributed by atoms with Crippen LogP contribution in [0.5, 0.6) is 0 Å². The minimum Gasteiger partial charge on any atom is -0.494 e. The van der Waals surface area contributed by atoms with Crippen molar-refractivity contribution in [1.82, 2.24) is 0 Å². The predicted molar refractivity (Wildman–Crippen MR) is 145 cm³/mol. The zero-order valence-electron chi connectivity index (χ0n) is 23.2. The summed E-state index contributed by atoms with van der Waals surface area (Å²) in [6.07, 6.45) is 16.7. The lowest BCUT2D eigenvalue weighted by molar-refractivity contribution is 0.0940. The molecule has 2 aliphatic carbocycles. The Morgan fingerprint density at radius 3 is 2.27 bits per heavy atom. The molecule has 2 aliphatic rings. The van der Waals surface area contributed by atoms with Crippen LogP contribution in [0.25, 0.3) is 0 Å².